The smallest absolute Gasteiger partial charge is 0.316 e. The maximum atomic E-state index is 13.0. The molecule has 0 aliphatic carbocycles. The molecule has 4 rings (SSSR count). The van der Waals surface area contributed by atoms with E-state index < -0.39 is 0 Å². The third-order valence-electron chi connectivity index (χ3n) is 5.18. The molecule has 7 nitrogen and oxygen atoms in total. The van der Waals surface area contributed by atoms with Gasteiger partial charge in [0.1, 0.15) is 11.5 Å². The first-order valence-electron chi connectivity index (χ1n) is 10.1. The third kappa shape index (κ3) is 4.29. The van der Waals surface area contributed by atoms with Crippen LogP contribution in [0, 0.1) is 6.92 Å². The Kier molecular flexibility index (Phi) is 6.37. The maximum Gasteiger partial charge on any atom is 0.316 e. The normalized spacial score (nSPS) is 13.5. The number of thiophene rings is 1. The highest BCUT2D eigenvalue weighted by Crippen LogP contribution is 2.43. The lowest BCUT2D eigenvalue weighted by atomic mass is 10.1. The number of rotatable bonds is 7. The van der Waals surface area contributed by atoms with Crippen molar-refractivity contribution in [3.63, 3.8) is 0 Å². The van der Waals surface area contributed by atoms with Crippen LogP contribution in [-0.4, -0.2) is 33.1 Å². The van der Waals surface area contributed by atoms with Gasteiger partial charge < -0.3 is 23.7 Å². The molecule has 2 heterocycles. The van der Waals surface area contributed by atoms with Crippen molar-refractivity contribution >= 4 is 29.2 Å². The van der Waals surface area contributed by atoms with Crippen LogP contribution in [0.5, 0.6) is 28.7 Å². The van der Waals surface area contributed by atoms with Crippen LogP contribution in [0.3, 0.4) is 0 Å². The number of esters is 1. The molecule has 8 heteroatoms. The number of benzene rings is 2. The number of hydrogen-bond donors (Lipinski definition) is 0. The van der Waals surface area contributed by atoms with E-state index in [0.29, 0.717) is 45.4 Å². The van der Waals surface area contributed by atoms with E-state index in [-0.39, 0.29) is 23.9 Å². The van der Waals surface area contributed by atoms with Crippen molar-refractivity contribution < 1.29 is 33.3 Å². The van der Waals surface area contributed by atoms with E-state index >= 15 is 0 Å². The monoisotopic (exact) mass is 466 g/mol. The molecule has 0 saturated heterocycles. The van der Waals surface area contributed by atoms with Crippen LogP contribution in [0.2, 0.25) is 0 Å². The summed E-state index contributed by atoms with van der Waals surface area (Å²) in [6.45, 7) is 1.75. The zero-order chi connectivity index (χ0) is 23.5. The van der Waals surface area contributed by atoms with E-state index in [1.165, 1.54) is 32.7 Å². The first-order chi connectivity index (χ1) is 16.0. The molecule has 0 unspecified atom stereocenters. The van der Waals surface area contributed by atoms with Gasteiger partial charge in [0, 0.05) is 16.0 Å². The fourth-order valence-electron chi connectivity index (χ4n) is 3.57. The molecule has 33 heavy (non-hydrogen) atoms. The Morgan fingerprint density at radius 3 is 2.42 bits per heavy atom. The number of allylic oxidation sites excluding steroid dienone is 1. The van der Waals surface area contributed by atoms with E-state index in [0.717, 1.165) is 4.88 Å². The molecule has 3 aromatic rings. The Balaban J connectivity index is 1.62. The standard InChI is InChI=1S/C25H22O7S/c1-14-18(31-21(26)13-16-6-5-11-33-16)10-8-17-22(27)20(32-23(14)17)12-15-7-9-19(28-2)25(30-4)24(15)29-3/h5-12H,13H2,1-4H3/b20-12-. The van der Waals surface area contributed by atoms with Gasteiger partial charge in [-0.3, -0.25) is 9.59 Å². The lowest BCUT2D eigenvalue weighted by Crippen LogP contribution is -2.11. The number of Topliss-reactive ketones (excluding diaryl/α,β-unsaturated/α-hetero) is 1. The van der Waals surface area contributed by atoms with Crippen molar-refractivity contribution in [3.05, 3.63) is 69.1 Å². The Labute approximate surface area is 195 Å². The average molecular weight is 467 g/mol. The second-order valence-corrected chi connectivity index (χ2v) is 8.19. The van der Waals surface area contributed by atoms with Crippen LogP contribution < -0.4 is 23.7 Å². The summed E-state index contributed by atoms with van der Waals surface area (Å²) in [6, 6.07) is 10.4. The van der Waals surface area contributed by atoms with E-state index in [4.69, 9.17) is 23.7 Å². The molecule has 0 amide bonds. The van der Waals surface area contributed by atoms with E-state index in [1.807, 2.05) is 17.5 Å². The van der Waals surface area contributed by atoms with Gasteiger partial charge in [0.25, 0.3) is 0 Å². The van der Waals surface area contributed by atoms with Crippen molar-refractivity contribution in [2.45, 2.75) is 13.3 Å². The van der Waals surface area contributed by atoms with E-state index in [1.54, 1.807) is 37.3 Å². The van der Waals surface area contributed by atoms with Crippen molar-refractivity contribution in [3.8, 4) is 28.7 Å². The lowest BCUT2D eigenvalue weighted by molar-refractivity contribution is -0.133. The topological polar surface area (TPSA) is 80.3 Å². The fourth-order valence-corrected chi connectivity index (χ4v) is 4.26. The minimum Gasteiger partial charge on any atom is -0.493 e. The predicted octanol–water partition coefficient (Wildman–Crippen LogP) is 4.85. The Hall–Kier alpha value is -3.78. The number of carbonyl (C=O) groups is 2. The van der Waals surface area contributed by atoms with Crippen LogP contribution in [0.1, 0.15) is 26.4 Å². The number of fused-ring (bicyclic) bond motifs is 1. The van der Waals surface area contributed by atoms with E-state index in [2.05, 4.69) is 0 Å². The van der Waals surface area contributed by atoms with Gasteiger partial charge in [0.05, 0.1) is 33.3 Å². The first kappa shape index (κ1) is 22.4. The molecule has 0 atom stereocenters. The summed E-state index contributed by atoms with van der Waals surface area (Å²) in [5.41, 5.74) is 1.56. The Morgan fingerprint density at radius 2 is 1.76 bits per heavy atom. The van der Waals surface area contributed by atoms with Gasteiger partial charge in [0.15, 0.2) is 17.3 Å². The molecule has 0 fully saturated rings. The Bertz CT molecular complexity index is 1240. The lowest BCUT2D eigenvalue weighted by Gasteiger charge is -2.14. The summed E-state index contributed by atoms with van der Waals surface area (Å²) >= 11 is 1.49. The fraction of sp³-hybridized carbons (Fsp3) is 0.200. The molecule has 1 aliphatic rings. The van der Waals surface area contributed by atoms with Gasteiger partial charge in [-0.15, -0.1) is 11.3 Å². The molecular formula is C25H22O7S. The quantitative estimate of drug-likeness (QED) is 0.280. The van der Waals surface area contributed by atoms with Crippen LogP contribution in [0.25, 0.3) is 6.08 Å². The molecule has 170 valence electrons. The molecule has 2 aromatic carbocycles. The molecule has 1 aromatic heterocycles. The summed E-state index contributed by atoms with van der Waals surface area (Å²) < 4.78 is 27.6. The second-order valence-electron chi connectivity index (χ2n) is 7.16. The summed E-state index contributed by atoms with van der Waals surface area (Å²) in [5, 5.41) is 1.91. The third-order valence-corrected chi connectivity index (χ3v) is 6.06. The summed E-state index contributed by atoms with van der Waals surface area (Å²) in [7, 11) is 4.55. The highest BCUT2D eigenvalue weighted by atomic mass is 32.1. The van der Waals surface area contributed by atoms with Gasteiger partial charge in [0.2, 0.25) is 11.5 Å². The highest BCUT2D eigenvalue weighted by Gasteiger charge is 2.31. The molecule has 0 radical (unpaired) electrons. The zero-order valence-corrected chi connectivity index (χ0v) is 19.4. The van der Waals surface area contributed by atoms with Crippen LogP contribution >= 0.6 is 11.3 Å². The van der Waals surface area contributed by atoms with Crippen molar-refractivity contribution in [1.82, 2.24) is 0 Å². The van der Waals surface area contributed by atoms with Gasteiger partial charge >= 0.3 is 5.97 Å². The minimum atomic E-state index is -0.379. The number of ether oxygens (including phenoxy) is 5. The van der Waals surface area contributed by atoms with Gasteiger partial charge in [-0.2, -0.15) is 0 Å². The van der Waals surface area contributed by atoms with Gasteiger partial charge in [-0.05, 0) is 48.7 Å². The Morgan fingerprint density at radius 1 is 1.00 bits per heavy atom. The molecule has 0 spiro atoms. The number of hydrogen-bond acceptors (Lipinski definition) is 8. The average Bonchev–Trinajstić information content (AvgIpc) is 3.43. The molecule has 0 bridgehead atoms. The highest BCUT2D eigenvalue weighted by molar-refractivity contribution is 7.10. The first-order valence-corrected chi connectivity index (χ1v) is 10.9. The summed E-state index contributed by atoms with van der Waals surface area (Å²) in [4.78, 5) is 26.2. The summed E-state index contributed by atoms with van der Waals surface area (Å²) in [5.74, 6) is 1.52. The molecule has 1 aliphatic heterocycles. The van der Waals surface area contributed by atoms with Gasteiger partial charge in [-0.25, -0.2) is 0 Å². The SMILES string of the molecule is COc1ccc(/C=C2\Oc3c(ccc(OC(=O)Cc4cccs4)c3C)C2=O)c(OC)c1OC. The molecule has 0 saturated carbocycles. The van der Waals surface area contributed by atoms with Crippen LogP contribution in [0.4, 0.5) is 0 Å². The number of methoxy groups -OCH3 is 3. The van der Waals surface area contributed by atoms with Crippen molar-refractivity contribution in [2.75, 3.05) is 21.3 Å². The predicted molar refractivity (Wildman–Crippen MR) is 124 cm³/mol. The molecular weight excluding hydrogens is 444 g/mol. The summed E-state index contributed by atoms with van der Waals surface area (Å²) in [6.07, 6.45) is 1.77. The molecule has 0 N–H and O–H groups in total. The van der Waals surface area contributed by atoms with Gasteiger partial charge in [-0.1, -0.05) is 6.07 Å². The minimum absolute atomic E-state index is 0.126. The van der Waals surface area contributed by atoms with E-state index in [9.17, 15) is 9.59 Å². The van der Waals surface area contributed by atoms with Crippen LogP contribution in [0.15, 0.2) is 47.5 Å². The van der Waals surface area contributed by atoms with Crippen molar-refractivity contribution in [2.24, 2.45) is 0 Å². The second kappa shape index (κ2) is 9.38. The van der Waals surface area contributed by atoms with Crippen molar-refractivity contribution in [1.29, 1.82) is 0 Å². The zero-order valence-electron chi connectivity index (χ0n) is 18.6. The largest absolute Gasteiger partial charge is 0.493 e. The maximum absolute atomic E-state index is 13.0. The number of ketones is 1. The number of carbonyl (C=O) groups excluding carboxylic acids is 2. The van der Waals surface area contributed by atoms with Crippen LogP contribution in [-0.2, 0) is 11.2 Å².